The Labute approximate surface area is 188 Å². The Bertz CT molecular complexity index is 1410. The first-order chi connectivity index (χ1) is 15.4. The molecule has 0 unspecified atom stereocenters. The van der Waals surface area contributed by atoms with Gasteiger partial charge in [0.1, 0.15) is 18.2 Å². The van der Waals surface area contributed by atoms with Crippen molar-refractivity contribution >= 4 is 29.0 Å². The van der Waals surface area contributed by atoms with Crippen molar-refractivity contribution in [1.29, 1.82) is 0 Å². The molecule has 6 nitrogen and oxygen atoms in total. The first-order valence-electron chi connectivity index (χ1n) is 9.96. The predicted octanol–water partition coefficient (Wildman–Crippen LogP) is 4.30. The fourth-order valence-electron chi connectivity index (χ4n) is 3.28. The standard InChI is InChI=1S/C24H20FN3O3S/c1-15-6-9-17(10-7-15)31-13-12-26-22(29)16-8-11-18-20(14-16)27-24(32)28(23(18)30)21-5-3-2-4-19(21)25/h2-11,14H,12-13H2,1H3,(H,26,29)(H,27,32). The molecule has 0 fully saturated rings. The maximum atomic E-state index is 14.2. The fraction of sp³-hybridized carbons (Fsp3) is 0.125. The van der Waals surface area contributed by atoms with Crippen LogP contribution in [0.3, 0.4) is 0 Å². The van der Waals surface area contributed by atoms with E-state index in [4.69, 9.17) is 17.0 Å². The van der Waals surface area contributed by atoms with Crippen LogP contribution < -0.4 is 15.6 Å². The molecule has 0 spiro atoms. The summed E-state index contributed by atoms with van der Waals surface area (Å²) in [4.78, 5) is 28.4. The summed E-state index contributed by atoms with van der Waals surface area (Å²) in [5, 5.41) is 3.08. The van der Waals surface area contributed by atoms with Gasteiger partial charge in [0.15, 0.2) is 4.77 Å². The minimum atomic E-state index is -0.558. The zero-order valence-electron chi connectivity index (χ0n) is 17.2. The van der Waals surface area contributed by atoms with Gasteiger partial charge in [0.25, 0.3) is 11.5 Å². The smallest absolute Gasteiger partial charge is 0.266 e. The number of H-pyrrole nitrogens is 1. The number of rotatable bonds is 6. The third-order valence-electron chi connectivity index (χ3n) is 4.93. The maximum absolute atomic E-state index is 14.2. The van der Waals surface area contributed by atoms with Crippen molar-refractivity contribution in [3.8, 4) is 11.4 Å². The number of aromatic amines is 1. The van der Waals surface area contributed by atoms with Gasteiger partial charge in [0, 0.05) is 5.56 Å². The summed E-state index contributed by atoms with van der Waals surface area (Å²) in [5.41, 5.74) is 1.50. The fourth-order valence-corrected chi connectivity index (χ4v) is 3.57. The molecule has 0 saturated heterocycles. The Kier molecular flexibility index (Phi) is 6.13. The molecule has 4 aromatic rings. The summed E-state index contributed by atoms with van der Waals surface area (Å²) < 4.78 is 20.9. The normalized spacial score (nSPS) is 10.8. The molecule has 0 atom stereocenters. The molecule has 0 radical (unpaired) electrons. The lowest BCUT2D eigenvalue weighted by Crippen LogP contribution is -2.28. The van der Waals surface area contributed by atoms with E-state index in [1.165, 1.54) is 24.3 Å². The lowest BCUT2D eigenvalue weighted by Gasteiger charge is -2.11. The number of aromatic nitrogens is 2. The summed E-state index contributed by atoms with van der Waals surface area (Å²) in [6.07, 6.45) is 0. The molecule has 162 valence electrons. The number of hydrogen-bond acceptors (Lipinski definition) is 4. The molecular formula is C24H20FN3O3S. The van der Waals surface area contributed by atoms with Crippen molar-refractivity contribution in [2.75, 3.05) is 13.2 Å². The largest absolute Gasteiger partial charge is 0.492 e. The number of halogens is 1. The topological polar surface area (TPSA) is 76.1 Å². The lowest BCUT2D eigenvalue weighted by atomic mass is 10.1. The molecule has 0 aliphatic rings. The molecule has 4 rings (SSSR count). The van der Waals surface area contributed by atoms with E-state index in [1.54, 1.807) is 18.2 Å². The van der Waals surface area contributed by atoms with Crippen LogP contribution >= 0.6 is 12.2 Å². The number of amides is 1. The second-order valence-electron chi connectivity index (χ2n) is 7.20. The van der Waals surface area contributed by atoms with Crippen molar-refractivity contribution in [1.82, 2.24) is 14.9 Å². The van der Waals surface area contributed by atoms with Gasteiger partial charge in [-0.2, -0.15) is 0 Å². The molecule has 0 bridgehead atoms. The van der Waals surface area contributed by atoms with Crippen molar-refractivity contribution in [2.45, 2.75) is 6.92 Å². The quantitative estimate of drug-likeness (QED) is 0.340. The van der Waals surface area contributed by atoms with E-state index in [9.17, 15) is 14.0 Å². The van der Waals surface area contributed by atoms with Crippen molar-refractivity contribution in [3.63, 3.8) is 0 Å². The van der Waals surface area contributed by atoms with Crippen molar-refractivity contribution in [2.24, 2.45) is 0 Å². The molecule has 0 aliphatic heterocycles. The van der Waals surface area contributed by atoms with Crippen LogP contribution in [0.4, 0.5) is 4.39 Å². The zero-order chi connectivity index (χ0) is 22.7. The van der Waals surface area contributed by atoms with Crippen LogP contribution in [0.2, 0.25) is 0 Å². The number of carbonyl (C=O) groups excluding carboxylic acids is 1. The molecule has 0 saturated carbocycles. The molecule has 0 aliphatic carbocycles. The van der Waals surface area contributed by atoms with E-state index < -0.39 is 11.4 Å². The van der Waals surface area contributed by atoms with Crippen molar-refractivity contribution in [3.05, 3.63) is 98.8 Å². The van der Waals surface area contributed by atoms with E-state index in [-0.39, 0.29) is 16.4 Å². The second kappa shape index (κ2) is 9.15. The Morgan fingerprint density at radius 3 is 2.62 bits per heavy atom. The Hall–Kier alpha value is -3.78. The third kappa shape index (κ3) is 4.45. The van der Waals surface area contributed by atoms with Gasteiger partial charge in [-0.25, -0.2) is 8.96 Å². The molecule has 1 aromatic heterocycles. The summed E-state index contributed by atoms with van der Waals surface area (Å²) in [5.74, 6) is -0.136. The van der Waals surface area contributed by atoms with Crippen LogP contribution in [-0.2, 0) is 0 Å². The summed E-state index contributed by atoms with van der Waals surface area (Å²) in [6.45, 7) is 2.63. The number of hydrogen-bond donors (Lipinski definition) is 2. The van der Waals surface area contributed by atoms with Gasteiger partial charge in [-0.15, -0.1) is 0 Å². The number of aryl methyl sites for hydroxylation is 1. The van der Waals surface area contributed by atoms with Crippen LogP contribution in [0.15, 0.2) is 71.5 Å². The molecule has 32 heavy (non-hydrogen) atoms. The second-order valence-corrected chi connectivity index (χ2v) is 7.59. The SMILES string of the molecule is Cc1ccc(OCCNC(=O)c2ccc3c(=O)n(-c4ccccc4F)c(=S)[nH]c3c2)cc1. The van der Waals surface area contributed by atoms with E-state index >= 15 is 0 Å². The summed E-state index contributed by atoms with van der Waals surface area (Å²) in [7, 11) is 0. The van der Waals surface area contributed by atoms with Gasteiger partial charge in [-0.05, 0) is 61.6 Å². The third-order valence-corrected chi connectivity index (χ3v) is 5.22. The molecule has 1 amide bonds. The number of fused-ring (bicyclic) bond motifs is 1. The van der Waals surface area contributed by atoms with Gasteiger partial charge >= 0.3 is 0 Å². The Morgan fingerprint density at radius 1 is 1.12 bits per heavy atom. The van der Waals surface area contributed by atoms with E-state index in [1.807, 2.05) is 31.2 Å². The van der Waals surface area contributed by atoms with Crippen LogP contribution in [0.1, 0.15) is 15.9 Å². The highest BCUT2D eigenvalue weighted by Gasteiger charge is 2.13. The highest BCUT2D eigenvalue weighted by atomic mass is 32.1. The van der Waals surface area contributed by atoms with Gasteiger partial charge in [-0.3, -0.25) is 9.59 Å². The first-order valence-corrected chi connectivity index (χ1v) is 10.4. The molecular weight excluding hydrogens is 429 g/mol. The highest BCUT2D eigenvalue weighted by molar-refractivity contribution is 7.71. The van der Waals surface area contributed by atoms with E-state index in [2.05, 4.69) is 10.3 Å². The van der Waals surface area contributed by atoms with Gasteiger partial charge in [-0.1, -0.05) is 29.8 Å². The molecule has 8 heteroatoms. The predicted molar refractivity (Wildman–Crippen MR) is 124 cm³/mol. The van der Waals surface area contributed by atoms with Gasteiger partial charge < -0.3 is 15.0 Å². The first kappa shape index (κ1) is 21.5. The summed E-state index contributed by atoms with van der Waals surface area (Å²) >= 11 is 5.28. The molecule has 1 heterocycles. The monoisotopic (exact) mass is 449 g/mol. The number of nitrogens with one attached hydrogen (secondary N) is 2. The molecule has 2 N–H and O–H groups in total. The zero-order valence-corrected chi connectivity index (χ0v) is 18.0. The Morgan fingerprint density at radius 2 is 1.88 bits per heavy atom. The average molecular weight is 450 g/mol. The van der Waals surface area contributed by atoms with Crippen LogP contribution in [0.25, 0.3) is 16.6 Å². The van der Waals surface area contributed by atoms with E-state index in [0.717, 1.165) is 15.9 Å². The van der Waals surface area contributed by atoms with Crippen LogP contribution in [0.5, 0.6) is 5.75 Å². The van der Waals surface area contributed by atoms with Crippen molar-refractivity contribution < 1.29 is 13.9 Å². The number of nitrogens with zero attached hydrogens (tertiary/aromatic N) is 1. The number of carbonyl (C=O) groups is 1. The maximum Gasteiger partial charge on any atom is 0.266 e. The van der Waals surface area contributed by atoms with E-state index in [0.29, 0.717) is 29.6 Å². The number of ether oxygens (including phenoxy) is 1. The van der Waals surface area contributed by atoms with Gasteiger partial charge in [0.05, 0.1) is 23.1 Å². The lowest BCUT2D eigenvalue weighted by molar-refractivity contribution is 0.0947. The number of benzene rings is 3. The minimum absolute atomic E-state index is 0.0386. The van der Waals surface area contributed by atoms with Crippen LogP contribution in [-0.4, -0.2) is 28.6 Å². The summed E-state index contributed by atoms with van der Waals surface area (Å²) in [6, 6.07) is 18.2. The highest BCUT2D eigenvalue weighted by Crippen LogP contribution is 2.16. The average Bonchev–Trinajstić information content (AvgIpc) is 2.78. The molecule has 3 aromatic carbocycles. The van der Waals surface area contributed by atoms with Crippen LogP contribution in [0, 0.1) is 17.5 Å². The number of para-hydroxylation sites is 1. The minimum Gasteiger partial charge on any atom is -0.492 e. The van der Waals surface area contributed by atoms with Gasteiger partial charge in [0.2, 0.25) is 0 Å². The Balaban J connectivity index is 1.51.